The molecule has 1 unspecified atom stereocenters. The normalized spacial score (nSPS) is 20.0. The quantitative estimate of drug-likeness (QED) is 0.801. The maximum absolute atomic E-state index is 5.58. The van der Waals surface area contributed by atoms with E-state index in [1.807, 2.05) is 19.9 Å². The van der Waals surface area contributed by atoms with Gasteiger partial charge < -0.3 is 9.64 Å². The monoisotopic (exact) mass is 299 g/mol. The second-order valence-corrected chi connectivity index (χ2v) is 5.26. The van der Waals surface area contributed by atoms with Gasteiger partial charge in [-0.25, -0.2) is 4.98 Å². The van der Waals surface area contributed by atoms with E-state index in [0.29, 0.717) is 11.8 Å². The Kier molecular flexibility index (Phi) is 4.20. The van der Waals surface area contributed by atoms with Crippen molar-refractivity contribution in [3.63, 3.8) is 0 Å². The molecular weight excluding hydrogens is 282 g/mol. The molecule has 0 amide bonds. The Bertz CT molecular complexity index is 373. The molecular formula is C12H18BrN3O. The standard InChI is InChI=1S/C12H18BrN3O/c1-9(2)17-11-3-5-14-12(15-11)16-6-4-10(7-13)8-16/h3,5,9-10H,4,6-8H2,1-2H3. The van der Waals surface area contributed by atoms with Crippen LogP contribution in [0.4, 0.5) is 5.95 Å². The SMILES string of the molecule is CC(C)Oc1ccnc(N2CCC(CBr)C2)n1. The molecule has 1 aliphatic heterocycles. The molecule has 5 heteroatoms. The Morgan fingerprint density at radius 2 is 2.41 bits per heavy atom. The molecule has 1 aromatic rings. The Morgan fingerprint density at radius 3 is 3.06 bits per heavy atom. The van der Waals surface area contributed by atoms with Gasteiger partial charge in [0.05, 0.1) is 6.10 Å². The molecule has 1 atom stereocenters. The van der Waals surface area contributed by atoms with Gasteiger partial charge >= 0.3 is 0 Å². The molecule has 0 saturated carbocycles. The van der Waals surface area contributed by atoms with Crippen molar-refractivity contribution in [2.75, 3.05) is 23.3 Å². The fourth-order valence-electron chi connectivity index (χ4n) is 1.93. The highest BCUT2D eigenvalue weighted by Gasteiger charge is 2.23. The molecule has 4 nitrogen and oxygen atoms in total. The van der Waals surface area contributed by atoms with Crippen LogP contribution in [0.3, 0.4) is 0 Å². The van der Waals surface area contributed by atoms with Crippen LogP contribution < -0.4 is 9.64 Å². The first-order valence-corrected chi connectivity index (χ1v) is 7.12. The summed E-state index contributed by atoms with van der Waals surface area (Å²) >= 11 is 3.53. The van der Waals surface area contributed by atoms with Crippen molar-refractivity contribution in [2.24, 2.45) is 5.92 Å². The van der Waals surface area contributed by atoms with Gasteiger partial charge in [-0.1, -0.05) is 15.9 Å². The van der Waals surface area contributed by atoms with Gasteiger partial charge in [0.1, 0.15) is 0 Å². The summed E-state index contributed by atoms with van der Waals surface area (Å²) in [4.78, 5) is 11.0. The third-order valence-electron chi connectivity index (χ3n) is 2.76. The van der Waals surface area contributed by atoms with Crippen molar-refractivity contribution < 1.29 is 4.74 Å². The molecule has 2 rings (SSSR count). The van der Waals surface area contributed by atoms with Crippen molar-refractivity contribution >= 4 is 21.9 Å². The second kappa shape index (κ2) is 5.67. The summed E-state index contributed by atoms with van der Waals surface area (Å²) in [6, 6.07) is 1.81. The minimum absolute atomic E-state index is 0.145. The number of nitrogens with zero attached hydrogens (tertiary/aromatic N) is 3. The second-order valence-electron chi connectivity index (χ2n) is 4.62. The summed E-state index contributed by atoms with van der Waals surface area (Å²) in [5.74, 6) is 2.15. The zero-order valence-electron chi connectivity index (χ0n) is 10.3. The maximum Gasteiger partial charge on any atom is 0.228 e. The van der Waals surface area contributed by atoms with Crippen molar-refractivity contribution in [3.8, 4) is 5.88 Å². The first kappa shape index (κ1) is 12.6. The van der Waals surface area contributed by atoms with E-state index in [1.165, 1.54) is 6.42 Å². The highest BCUT2D eigenvalue weighted by Crippen LogP contribution is 2.23. The molecule has 0 radical (unpaired) electrons. The minimum Gasteiger partial charge on any atom is -0.475 e. The Balaban J connectivity index is 2.06. The van der Waals surface area contributed by atoms with E-state index in [4.69, 9.17) is 4.74 Å². The molecule has 0 N–H and O–H groups in total. The summed E-state index contributed by atoms with van der Waals surface area (Å²) in [5, 5.41) is 1.05. The smallest absolute Gasteiger partial charge is 0.228 e. The average molecular weight is 300 g/mol. The first-order valence-electron chi connectivity index (χ1n) is 5.99. The third-order valence-corrected chi connectivity index (χ3v) is 3.68. The number of hydrogen-bond acceptors (Lipinski definition) is 4. The van der Waals surface area contributed by atoms with Gasteiger partial charge in [0.2, 0.25) is 11.8 Å². The molecule has 0 bridgehead atoms. The van der Waals surface area contributed by atoms with E-state index >= 15 is 0 Å². The molecule has 0 aliphatic carbocycles. The van der Waals surface area contributed by atoms with Gasteiger partial charge in [-0.15, -0.1) is 0 Å². The van der Waals surface area contributed by atoms with Gasteiger partial charge in [0, 0.05) is 30.7 Å². The number of alkyl halides is 1. The van der Waals surface area contributed by atoms with Crippen molar-refractivity contribution in [2.45, 2.75) is 26.4 Å². The maximum atomic E-state index is 5.58. The zero-order chi connectivity index (χ0) is 12.3. The summed E-state index contributed by atoms with van der Waals surface area (Å²) in [6.07, 6.45) is 3.11. The fourth-order valence-corrected chi connectivity index (χ4v) is 2.46. The highest BCUT2D eigenvalue weighted by molar-refractivity contribution is 9.09. The lowest BCUT2D eigenvalue weighted by atomic mass is 10.2. The minimum atomic E-state index is 0.145. The molecule has 0 aromatic carbocycles. The summed E-state index contributed by atoms with van der Waals surface area (Å²) in [5.41, 5.74) is 0. The molecule has 1 aromatic heterocycles. The van der Waals surface area contributed by atoms with Crippen LogP contribution >= 0.6 is 15.9 Å². The molecule has 1 fully saturated rings. The van der Waals surface area contributed by atoms with Crippen molar-refractivity contribution in [1.82, 2.24) is 9.97 Å². The van der Waals surface area contributed by atoms with Crippen molar-refractivity contribution in [1.29, 1.82) is 0 Å². The van der Waals surface area contributed by atoms with Crippen LogP contribution in [0.25, 0.3) is 0 Å². The van der Waals surface area contributed by atoms with E-state index in [2.05, 4.69) is 30.8 Å². The number of rotatable bonds is 4. The van der Waals surface area contributed by atoms with Gasteiger partial charge in [-0.2, -0.15) is 4.98 Å². The van der Waals surface area contributed by atoms with Crippen LogP contribution in [0.15, 0.2) is 12.3 Å². The van der Waals surface area contributed by atoms with E-state index < -0.39 is 0 Å². The third kappa shape index (κ3) is 3.31. The molecule has 2 heterocycles. The van der Waals surface area contributed by atoms with E-state index in [9.17, 15) is 0 Å². The van der Waals surface area contributed by atoms with Crippen molar-refractivity contribution in [3.05, 3.63) is 12.3 Å². The molecule has 1 saturated heterocycles. The van der Waals surface area contributed by atoms with Gasteiger partial charge in [-0.05, 0) is 26.2 Å². The zero-order valence-corrected chi connectivity index (χ0v) is 11.9. The van der Waals surface area contributed by atoms with E-state index in [-0.39, 0.29) is 6.10 Å². The van der Waals surface area contributed by atoms with Crippen LogP contribution in [-0.4, -0.2) is 34.5 Å². The molecule has 94 valence electrons. The van der Waals surface area contributed by atoms with Gasteiger partial charge in [0.25, 0.3) is 0 Å². The predicted octanol–water partition coefficient (Wildman–Crippen LogP) is 2.49. The fraction of sp³-hybridized carbons (Fsp3) is 0.667. The summed E-state index contributed by atoms with van der Waals surface area (Å²) < 4.78 is 5.58. The predicted molar refractivity (Wildman–Crippen MR) is 71.9 cm³/mol. The molecule has 17 heavy (non-hydrogen) atoms. The van der Waals surface area contributed by atoms with E-state index in [0.717, 1.165) is 24.4 Å². The first-order chi connectivity index (χ1) is 8.19. The topological polar surface area (TPSA) is 38.2 Å². The van der Waals surface area contributed by atoms with Crippen LogP contribution in [0.5, 0.6) is 5.88 Å². The lowest BCUT2D eigenvalue weighted by Gasteiger charge is -2.17. The number of halogens is 1. The highest BCUT2D eigenvalue weighted by atomic mass is 79.9. The Hall–Kier alpha value is -0.840. The molecule has 0 spiro atoms. The Morgan fingerprint density at radius 1 is 1.59 bits per heavy atom. The van der Waals surface area contributed by atoms with Gasteiger partial charge in [0.15, 0.2) is 0 Å². The van der Waals surface area contributed by atoms with Crippen LogP contribution in [0.1, 0.15) is 20.3 Å². The van der Waals surface area contributed by atoms with Crippen LogP contribution in [0, 0.1) is 5.92 Å². The van der Waals surface area contributed by atoms with Gasteiger partial charge in [-0.3, -0.25) is 0 Å². The number of aromatic nitrogens is 2. The van der Waals surface area contributed by atoms with Crippen LogP contribution in [0.2, 0.25) is 0 Å². The summed E-state index contributed by atoms with van der Waals surface area (Å²) in [7, 11) is 0. The number of hydrogen-bond donors (Lipinski definition) is 0. The number of anilines is 1. The number of ether oxygens (including phenoxy) is 1. The lowest BCUT2D eigenvalue weighted by Crippen LogP contribution is -2.22. The Labute approximate surface area is 111 Å². The summed E-state index contributed by atoms with van der Waals surface area (Å²) in [6.45, 7) is 6.05. The van der Waals surface area contributed by atoms with E-state index in [1.54, 1.807) is 6.20 Å². The largest absolute Gasteiger partial charge is 0.475 e. The van der Waals surface area contributed by atoms with Crippen LogP contribution in [-0.2, 0) is 0 Å². The average Bonchev–Trinajstić information content (AvgIpc) is 2.77. The molecule has 1 aliphatic rings. The lowest BCUT2D eigenvalue weighted by molar-refractivity contribution is 0.232.